The molecule has 0 spiro atoms. The summed E-state index contributed by atoms with van der Waals surface area (Å²) in [7, 11) is 0. The highest BCUT2D eigenvalue weighted by molar-refractivity contribution is 9.10. The standard InChI is InChI=1S/C22H22BrN5O/c1-5-27(18-8-9-20(19(23)13-18)28-11-10-24-26-28)21-12-17(7-6-14(21)2)22-15(3)25-29-16(22)4/h6-13H,5H2,1-4H3/i2D3. The van der Waals surface area contributed by atoms with Crippen LogP contribution < -0.4 is 4.90 Å². The van der Waals surface area contributed by atoms with Crippen molar-refractivity contribution in [2.75, 3.05) is 11.4 Å². The first kappa shape index (κ1) is 15.9. The number of hydrogen-bond acceptors (Lipinski definition) is 5. The fraction of sp³-hybridized carbons (Fsp3) is 0.227. The van der Waals surface area contributed by atoms with Gasteiger partial charge >= 0.3 is 0 Å². The van der Waals surface area contributed by atoms with Gasteiger partial charge in [0.15, 0.2) is 0 Å². The average molecular weight is 455 g/mol. The molecule has 0 amide bonds. The van der Waals surface area contributed by atoms with E-state index in [1.54, 1.807) is 23.1 Å². The van der Waals surface area contributed by atoms with E-state index in [0.717, 1.165) is 32.7 Å². The van der Waals surface area contributed by atoms with E-state index >= 15 is 0 Å². The van der Waals surface area contributed by atoms with Gasteiger partial charge < -0.3 is 9.42 Å². The lowest BCUT2D eigenvalue weighted by Crippen LogP contribution is -2.17. The molecule has 0 atom stereocenters. The Labute approximate surface area is 182 Å². The van der Waals surface area contributed by atoms with Gasteiger partial charge in [0.25, 0.3) is 0 Å². The number of aryl methyl sites for hydroxylation is 3. The van der Waals surface area contributed by atoms with Crippen LogP contribution in [-0.4, -0.2) is 26.7 Å². The topological polar surface area (TPSA) is 60.0 Å². The number of aromatic nitrogens is 4. The molecule has 0 saturated carbocycles. The van der Waals surface area contributed by atoms with Crippen molar-refractivity contribution in [2.24, 2.45) is 0 Å². The summed E-state index contributed by atoms with van der Waals surface area (Å²) in [6, 6.07) is 11.2. The van der Waals surface area contributed by atoms with E-state index in [9.17, 15) is 0 Å². The van der Waals surface area contributed by atoms with Crippen LogP contribution in [0.5, 0.6) is 0 Å². The zero-order valence-electron chi connectivity index (χ0n) is 19.3. The van der Waals surface area contributed by atoms with Gasteiger partial charge in [0, 0.05) is 32.1 Å². The Morgan fingerprint density at radius 3 is 2.69 bits per heavy atom. The first-order valence-electron chi connectivity index (χ1n) is 10.7. The molecule has 2 aromatic heterocycles. The van der Waals surface area contributed by atoms with Crippen LogP contribution in [0.4, 0.5) is 11.4 Å². The quantitative estimate of drug-likeness (QED) is 0.383. The minimum absolute atomic E-state index is 0.284. The van der Waals surface area contributed by atoms with Crippen molar-refractivity contribution < 1.29 is 8.64 Å². The molecular weight excluding hydrogens is 430 g/mol. The van der Waals surface area contributed by atoms with Crippen LogP contribution in [-0.2, 0) is 0 Å². The third kappa shape index (κ3) is 3.58. The molecule has 4 aromatic rings. The predicted octanol–water partition coefficient (Wildman–Crippen LogP) is 5.77. The fourth-order valence-electron chi connectivity index (χ4n) is 3.48. The molecule has 0 fully saturated rings. The molecule has 7 heteroatoms. The number of halogens is 1. The summed E-state index contributed by atoms with van der Waals surface area (Å²) in [6.45, 7) is 4.03. The van der Waals surface area contributed by atoms with E-state index in [4.69, 9.17) is 8.64 Å². The summed E-state index contributed by atoms with van der Waals surface area (Å²) >= 11 is 3.61. The molecule has 0 N–H and O–H groups in total. The number of nitrogens with zero attached hydrogens (tertiary/aromatic N) is 5. The fourth-order valence-corrected chi connectivity index (χ4v) is 4.03. The summed E-state index contributed by atoms with van der Waals surface area (Å²) in [6.07, 6.45) is 3.37. The van der Waals surface area contributed by atoms with Crippen LogP contribution in [0.2, 0.25) is 0 Å². The second kappa shape index (κ2) is 7.83. The third-order valence-electron chi connectivity index (χ3n) is 4.84. The predicted molar refractivity (Wildman–Crippen MR) is 118 cm³/mol. The van der Waals surface area contributed by atoms with Crippen molar-refractivity contribution in [3.05, 3.63) is 70.3 Å². The van der Waals surface area contributed by atoms with Gasteiger partial charge in [-0.3, -0.25) is 0 Å². The largest absolute Gasteiger partial charge is 0.361 e. The third-order valence-corrected chi connectivity index (χ3v) is 5.47. The summed E-state index contributed by atoms with van der Waals surface area (Å²) < 4.78 is 32.1. The molecule has 0 saturated heterocycles. The van der Waals surface area contributed by atoms with Crippen molar-refractivity contribution in [2.45, 2.75) is 27.6 Å². The molecule has 29 heavy (non-hydrogen) atoms. The van der Waals surface area contributed by atoms with Gasteiger partial charge in [0.2, 0.25) is 0 Å². The highest BCUT2D eigenvalue weighted by atomic mass is 79.9. The van der Waals surface area contributed by atoms with Crippen molar-refractivity contribution in [1.29, 1.82) is 0 Å². The van der Waals surface area contributed by atoms with Gasteiger partial charge in [-0.2, -0.15) is 0 Å². The normalized spacial score (nSPS) is 13.0. The summed E-state index contributed by atoms with van der Waals surface area (Å²) in [5.74, 6) is 0.693. The molecule has 0 bridgehead atoms. The minimum atomic E-state index is -2.27. The molecule has 0 unspecified atom stereocenters. The average Bonchev–Trinajstić information content (AvgIpc) is 3.38. The molecule has 2 heterocycles. The maximum atomic E-state index is 8.09. The lowest BCUT2D eigenvalue weighted by atomic mass is 10.0. The van der Waals surface area contributed by atoms with Crippen LogP contribution in [0.15, 0.2) is 57.8 Å². The van der Waals surface area contributed by atoms with Gasteiger partial charge in [-0.15, -0.1) is 5.10 Å². The van der Waals surface area contributed by atoms with Crippen LogP contribution in [0.3, 0.4) is 0 Å². The summed E-state index contributed by atoms with van der Waals surface area (Å²) in [4.78, 5) is 1.99. The van der Waals surface area contributed by atoms with Crippen molar-refractivity contribution in [3.8, 4) is 16.8 Å². The molecule has 0 aliphatic carbocycles. The lowest BCUT2D eigenvalue weighted by Gasteiger charge is -2.26. The van der Waals surface area contributed by atoms with Gasteiger partial charge in [-0.25, -0.2) is 4.68 Å². The monoisotopic (exact) mass is 454 g/mol. The van der Waals surface area contributed by atoms with Crippen molar-refractivity contribution >= 4 is 27.3 Å². The summed E-state index contributed by atoms with van der Waals surface area (Å²) in [5.41, 5.74) is 5.09. The minimum Gasteiger partial charge on any atom is -0.361 e. The van der Waals surface area contributed by atoms with Crippen LogP contribution in [0, 0.1) is 20.7 Å². The number of benzene rings is 2. The Bertz CT molecular complexity index is 1230. The molecule has 0 aliphatic rings. The second-order valence-corrected chi connectivity index (χ2v) is 7.51. The Morgan fingerprint density at radius 1 is 1.21 bits per heavy atom. The smallest absolute Gasteiger partial charge is 0.141 e. The van der Waals surface area contributed by atoms with Crippen molar-refractivity contribution in [1.82, 2.24) is 20.2 Å². The molecule has 6 nitrogen and oxygen atoms in total. The van der Waals surface area contributed by atoms with E-state index in [1.165, 1.54) is 0 Å². The Balaban J connectivity index is 1.85. The van der Waals surface area contributed by atoms with Gasteiger partial charge in [-0.05, 0) is 78.9 Å². The van der Waals surface area contributed by atoms with E-state index in [0.29, 0.717) is 18.0 Å². The summed E-state index contributed by atoms with van der Waals surface area (Å²) in [5, 5.41) is 11.9. The SMILES string of the molecule is [2H]C([2H])([2H])c1ccc(-c2c(C)noc2C)cc1N(CC)c1ccc(-n2ccnn2)c(Br)c1. The second-order valence-electron chi connectivity index (χ2n) is 6.66. The van der Waals surface area contributed by atoms with Gasteiger partial charge in [0.1, 0.15) is 5.76 Å². The number of hydrogen-bond donors (Lipinski definition) is 0. The Kier molecular flexibility index (Phi) is 4.30. The number of anilines is 2. The van der Waals surface area contributed by atoms with E-state index < -0.39 is 6.85 Å². The molecule has 0 aliphatic heterocycles. The first-order chi connectivity index (χ1) is 15.2. The van der Waals surface area contributed by atoms with Gasteiger partial charge in [-0.1, -0.05) is 22.5 Å². The molecule has 2 aromatic carbocycles. The highest BCUT2D eigenvalue weighted by Gasteiger charge is 2.17. The van der Waals surface area contributed by atoms with E-state index in [-0.39, 0.29) is 5.56 Å². The molecule has 148 valence electrons. The lowest BCUT2D eigenvalue weighted by molar-refractivity contribution is 0.393. The zero-order valence-corrected chi connectivity index (χ0v) is 17.9. The maximum Gasteiger partial charge on any atom is 0.141 e. The highest BCUT2D eigenvalue weighted by Crippen LogP contribution is 2.36. The van der Waals surface area contributed by atoms with Crippen LogP contribution >= 0.6 is 15.9 Å². The maximum absolute atomic E-state index is 8.09. The van der Waals surface area contributed by atoms with E-state index in [2.05, 4.69) is 31.4 Å². The molecule has 0 radical (unpaired) electrons. The van der Waals surface area contributed by atoms with Crippen molar-refractivity contribution in [3.63, 3.8) is 0 Å². The van der Waals surface area contributed by atoms with Crippen LogP contribution in [0.25, 0.3) is 16.8 Å². The molecule has 4 rings (SSSR count). The van der Waals surface area contributed by atoms with Crippen LogP contribution in [0.1, 0.15) is 28.1 Å². The molecular formula is C22H22BrN5O. The number of rotatable bonds is 5. The first-order valence-corrected chi connectivity index (χ1v) is 10.0. The Hall–Kier alpha value is -2.93. The zero-order chi connectivity index (χ0) is 23.0. The van der Waals surface area contributed by atoms with E-state index in [1.807, 2.05) is 56.0 Å². The van der Waals surface area contributed by atoms with Gasteiger partial charge in [0.05, 0.1) is 23.8 Å². The Morgan fingerprint density at radius 2 is 2.07 bits per heavy atom.